The lowest BCUT2D eigenvalue weighted by Gasteiger charge is -2.33. The number of ether oxygens (including phenoxy) is 2. The van der Waals surface area contributed by atoms with E-state index in [4.69, 9.17) is 9.47 Å². The number of hydrogen-bond acceptors (Lipinski definition) is 4. The molecule has 3 unspecified atom stereocenters. The molecule has 0 amide bonds. The molecular weight excluding hydrogens is 251 g/mol. The van der Waals surface area contributed by atoms with E-state index in [-0.39, 0.29) is 5.66 Å². The molecule has 0 fully saturated rings. The molecule has 5 heteroatoms. The van der Waals surface area contributed by atoms with Gasteiger partial charge >= 0.3 is 0 Å². The normalized spacial score (nSPS) is 30.7. The third-order valence-corrected chi connectivity index (χ3v) is 6.74. The van der Waals surface area contributed by atoms with Gasteiger partial charge in [-0.25, -0.2) is 0 Å². The van der Waals surface area contributed by atoms with Gasteiger partial charge in [0, 0.05) is 11.8 Å². The second kappa shape index (κ2) is 4.60. The van der Waals surface area contributed by atoms with Crippen molar-refractivity contribution >= 4 is 7.14 Å². The van der Waals surface area contributed by atoms with E-state index in [0.717, 1.165) is 11.1 Å². The van der Waals surface area contributed by atoms with Crippen molar-refractivity contribution in [2.45, 2.75) is 18.7 Å². The van der Waals surface area contributed by atoms with Crippen molar-refractivity contribution in [2.24, 2.45) is 0 Å². The molecule has 1 N–H and O–H groups in total. The van der Waals surface area contributed by atoms with Crippen molar-refractivity contribution in [3.8, 4) is 11.5 Å². The third kappa shape index (κ3) is 2.04. The summed E-state index contributed by atoms with van der Waals surface area (Å²) in [7, 11) is 0.766. The topological polar surface area (TPSA) is 55.8 Å². The Morgan fingerprint density at radius 2 is 1.72 bits per heavy atom. The molecule has 0 aromatic heterocycles. The molecule has 4 nitrogen and oxygen atoms in total. The summed E-state index contributed by atoms with van der Waals surface area (Å²) in [6, 6.07) is 3.62. The average molecular weight is 270 g/mol. The maximum atomic E-state index is 12.5. The number of benzene rings is 1. The highest BCUT2D eigenvalue weighted by Gasteiger charge is 2.37. The van der Waals surface area contributed by atoms with Crippen LogP contribution >= 0.6 is 7.14 Å². The van der Waals surface area contributed by atoms with E-state index in [1.807, 2.05) is 13.0 Å². The lowest BCUT2D eigenvalue weighted by molar-refractivity contribution is 0.196. The molecule has 2 rings (SSSR count). The minimum atomic E-state index is -2.37. The monoisotopic (exact) mass is 270 g/mol. The van der Waals surface area contributed by atoms with Gasteiger partial charge < -0.3 is 19.1 Å². The van der Waals surface area contributed by atoms with Crippen LogP contribution in [0.5, 0.6) is 11.5 Å². The summed E-state index contributed by atoms with van der Waals surface area (Å²) in [5.74, 6) is 1.20. The van der Waals surface area contributed by atoms with Gasteiger partial charge in [0.2, 0.25) is 0 Å². The summed E-state index contributed by atoms with van der Waals surface area (Å²) in [6.07, 6.45) is -0.358. The quantitative estimate of drug-likeness (QED) is 0.839. The van der Waals surface area contributed by atoms with Gasteiger partial charge in [-0.1, -0.05) is 6.92 Å². The second-order valence-electron chi connectivity index (χ2n) is 4.88. The van der Waals surface area contributed by atoms with Gasteiger partial charge in [-0.3, -0.25) is 0 Å². The van der Waals surface area contributed by atoms with Crippen LogP contribution in [0.3, 0.4) is 0 Å². The first-order valence-electron chi connectivity index (χ1n) is 5.90. The number of rotatable bonds is 2. The van der Waals surface area contributed by atoms with E-state index in [0.29, 0.717) is 17.7 Å². The molecule has 0 saturated heterocycles. The van der Waals surface area contributed by atoms with Crippen LogP contribution in [0.25, 0.3) is 0 Å². The molecule has 0 aliphatic carbocycles. The van der Waals surface area contributed by atoms with Gasteiger partial charge in [-0.15, -0.1) is 0 Å². The van der Waals surface area contributed by atoms with Crippen molar-refractivity contribution in [3.05, 3.63) is 23.3 Å². The Hall–Kier alpha value is -0.990. The average Bonchev–Trinajstić information content (AvgIpc) is 2.34. The van der Waals surface area contributed by atoms with Crippen LogP contribution in [0.4, 0.5) is 0 Å². The van der Waals surface area contributed by atoms with Crippen LogP contribution in [0.1, 0.15) is 29.8 Å². The van der Waals surface area contributed by atoms with Gasteiger partial charge in [0.05, 0.1) is 27.5 Å². The summed E-state index contributed by atoms with van der Waals surface area (Å²) in [4.78, 5) is 0. The first-order valence-corrected chi connectivity index (χ1v) is 8.31. The Balaban J connectivity index is 2.62. The molecule has 100 valence electrons. The predicted octanol–water partition coefficient (Wildman–Crippen LogP) is 2.80. The van der Waals surface area contributed by atoms with Gasteiger partial charge in [0.25, 0.3) is 0 Å². The fraction of sp³-hybridized carbons (Fsp3) is 0.538. The maximum Gasteiger partial charge on any atom is 0.161 e. The number of aliphatic hydroxyl groups excluding tert-OH is 1. The predicted molar refractivity (Wildman–Crippen MR) is 71.3 cm³/mol. The molecule has 0 saturated carbocycles. The molecule has 1 aliphatic heterocycles. The van der Waals surface area contributed by atoms with E-state index in [1.165, 1.54) is 0 Å². The van der Waals surface area contributed by atoms with E-state index in [2.05, 4.69) is 0 Å². The Bertz CT molecular complexity index is 512. The van der Waals surface area contributed by atoms with Crippen molar-refractivity contribution in [3.63, 3.8) is 0 Å². The van der Waals surface area contributed by atoms with Crippen molar-refractivity contribution in [2.75, 3.05) is 27.0 Å². The summed E-state index contributed by atoms with van der Waals surface area (Å²) in [5.41, 5.74) is 1.64. The standard InChI is InChI=1S/C13H19O4P/c1-8-9-5-12(16-2)13(17-3)6-10(9)11(14)7-18(8,4)15/h5-6,8,11,14H,7H2,1-4H3. The number of hydrogen-bond donors (Lipinski definition) is 1. The van der Waals surface area contributed by atoms with Gasteiger partial charge in [-0.2, -0.15) is 0 Å². The molecule has 1 aromatic carbocycles. The summed E-state index contributed by atoms with van der Waals surface area (Å²) in [5, 5.41) is 10.1. The van der Waals surface area contributed by atoms with E-state index < -0.39 is 13.2 Å². The van der Waals surface area contributed by atoms with Crippen LogP contribution in [0.15, 0.2) is 12.1 Å². The Labute approximate surface area is 107 Å². The molecule has 0 radical (unpaired) electrons. The van der Waals surface area contributed by atoms with Crippen LogP contribution in [0.2, 0.25) is 0 Å². The molecule has 3 atom stereocenters. The molecule has 0 spiro atoms. The maximum absolute atomic E-state index is 12.5. The summed E-state index contributed by atoms with van der Waals surface area (Å²) in [6.45, 7) is 3.69. The molecule has 1 aromatic rings. The highest BCUT2D eigenvalue weighted by molar-refractivity contribution is 7.63. The zero-order chi connectivity index (χ0) is 13.5. The Morgan fingerprint density at radius 3 is 2.22 bits per heavy atom. The first-order chi connectivity index (χ1) is 8.40. The summed E-state index contributed by atoms with van der Waals surface area (Å²) < 4.78 is 23.0. The van der Waals surface area contributed by atoms with Crippen molar-refractivity contribution < 1.29 is 19.1 Å². The van der Waals surface area contributed by atoms with E-state index in [1.54, 1.807) is 27.0 Å². The largest absolute Gasteiger partial charge is 0.493 e. The molecule has 1 heterocycles. The van der Waals surface area contributed by atoms with Crippen molar-refractivity contribution in [1.29, 1.82) is 0 Å². The molecular formula is C13H19O4P. The smallest absolute Gasteiger partial charge is 0.161 e. The SMILES string of the molecule is COc1cc2c(cc1OC)C(C)P(C)(=O)CC2O. The highest BCUT2D eigenvalue weighted by atomic mass is 31.2. The van der Waals surface area contributed by atoms with Crippen LogP contribution in [-0.4, -0.2) is 32.2 Å². The number of fused-ring (bicyclic) bond motifs is 1. The highest BCUT2D eigenvalue weighted by Crippen LogP contribution is 2.62. The molecule has 1 aliphatic rings. The fourth-order valence-electron chi connectivity index (χ4n) is 2.45. The lowest BCUT2D eigenvalue weighted by Crippen LogP contribution is -2.17. The third-order valence-electron chi connectivity index (χ3n) is 3.75. The number of aliphatic hydroxyl groups is 1. The zero-order valence-electron chi connectivity index (χ0n) is 11.1. The van der Waals surface area contributed by atoms with E-state index >= 15 is 0 Å². The van der Waals surface area contributed by atoms with Gasteiger partial charge in [-0.05, 0) is 29.9 Å². The van der Waals surface area contributed by atoms with Gasteiger partial charge in [0.15, 0.2) is 11.5 Å². The fourth-order valence-corrected chi connectivity index (χ4v) is 4.47. The number of methoxy groups -OCH3 is 2. The molecule has 0 bridgehead atoms. The van der Waals surface area contributed by atoms with Gasteiger partial charge in [0.1, 0.15) is 0 Å². The Kier molecular flexibility index (Phi) is 3.43. The van der Waals surface area contributed by atoms with Crippen LogP contribution in [0, 0.1) is 0 Å². The first kappa shape index (κ1) is 13.4. The Morgan fingerprint density at radius 1 is 1.22 bits per heavy atom. The van der Waals surface area contributed by atoms with Crippen molar-refractivity contribution in [1.82, 2.24) is 0 Å². The van der Waals surface area contributed by atoms with E-state index in [9.17, 15) is 9.67 Å². The zero-order valence-corrected chi connectivity index (χ0v) is 12.0. The van der Waals surface area contributed by atoms with Crippen LogP contribution < -0.4 is 9.47 Å². The summed E-state index contributed by atoms with van der Waals surface area (Å²) >= 11 is 0. The lowest BCUT2D eigenvalue weighted by atomic mass is 9.99. The van der Waals surface area contributed by atoms with Crippen LogP contribution in [-0.2, 0) is 4.57 Å². The second-order valence-corrected chi connectivity index (χ2v) is 8.37. The molecule has 18 heavy (non-hydrogen) atoms. The minimum absolute atomic E-state index is 0.0595. The minimum Gasteiger partial charge on any atom is -0.493 e.